The number of hydrogen-bond acceptors (Lipinski definition) is 9. The van der Waals surface area contributed by atoms with Crippen molar-refractivity contribution in [3.05, 3.63) is 159 Å². The number of carbonyl (C=O) groups is 1. The summed E-state index contributed by atoms with van der Waals surface area (Å²) >= 11 is 0. The number of carbonyl (C=O) groups excluding carboxylic acids is 1. The van der Waals surface area contributed by atoms with Crippen LogP contribution in [0.4, 0.5) is 5.69 Å². The number of amides is 1. The third-order valence-corrected chi connectivity index (χ3v) is 9.95. The molecule has 0 bridgehead atoms. The first kappa shape index (κ1) is 34.5. The van der Waals surface area contributed by atoms with Crippen LogP contribution in [0, 0.1) is 5.92 Å². The lowest BCUT2D eigenvalue weighted by atomic mass is 9.82. The Morgan fingerprint density at radius 2 is 1.48 bits per heavy atom. The number of aliphatic hydroxyl groups is 2. The highest BCUT2D eigenvalue weighted by molar-refractivity contribution is 6.07. The van der Waals surface area contributed by atoms with E-state index in [2.05, 4.69) is 20.5 Å². The lowest BCUT2D eigenvalue weighted by Gasteiger charge is -2.28. The standard InChI is InChI=1S/C41H36N8O5/c1-27(9-6-7-19-46-26-31(18-20-50)44-45-46)41(54)36-22-33(49-39(52)35-15-5-3-12-30(35)24-43-49)16-17-37(36)47(40(41)53)25-28-10-8-13-32(21-28)48-38(51)34-14-4-2-11-29(34)23-42-48/h2-6,8-17,21-24,26-27,50,54H,7,18-20,25H2,1H3/b9-6+/t27-,41+/m0/s1. The average Bonchev–Trinajstić information content (AvgIpc) is 3.73. The van der Waals surface area contributed by atoms with Gasteiger partial charge in [-0.2, -0.15) is 19.6 Å². The first-order valence-corrected chi connectivity index (χ1v) is 17.7. The first-order valence-electron chi connectivity index (χ1n) is 17.7. The molecule has 54 heavy (non-hydrogen) atoms. The van der Waals surface area contributed by atoms with Crippen LogP contribution >= 0.6 is 0 Å². The molecule has 13 heteroatoms. The van der Waals surface area contributed by atoms with Crippen LogP contribution < -0.4 is 16.0 Å². The smallest absolute Gasteiger partial charge is 0.279 e. The second-order valence-electron chi connectivity index (χ2n) is 13.4. The number of fused-ring (bicyclic) bond motifs is 3. The normalized spacial score (nSPS) is 16.1. The van der Waals surface area contributed by atoms with Crippen LogP contribution in [-0.4, -0.2) is 57.3 Å². The van der Waals surface area contributed by atoms with Gasteiger partial charge in [0.15, 0.2) is 5.60 Å². The number of rotatable bonds is 11. The molecule has 0 fully saturated rings. The van der Waals surface area contributed by atoms with E-state index in [-0.39, 0.29) is 24.3 Å². The molecule has 8 rings (SSSR count). The van der Waals surface area contributed by atoms with E-state index in [1.54, 1.807) is 84.8 Å². The monoisotopic (exact) mass is 720 g/mol. The summed E-state index contributed by atoms with van der Waals surface area (Å²) in [4.78, 5) is 43.0. The van der Waals surface area contributed by atoms with Crippen LogP contribution in [0.15, 0.2) is 131 Å². The largest absolute Gasteiger partial charge is 0.396 e. The van der Waals surface area contributed by atoms with E-state index < -0.39 is 17.4 Å². The summed E-state index contributed by atoms with van der Waals surface area (Å²) in [5.74, 6) is -1.21. The number of allylic oxidation sites excluding steroid dienone is 1. The lowest BCUT2D eigenvalue weighted by molar-refractivity contribution is -0.139. The third kappa shape index (κ3) is 6.08. The Morgan fingerprint density at radius 1 is 0.815 bits per heavy atom. The Kier molecular flexibility index (Phi) is 9.01. The first-order chi connectivity index (χ1) is 26.3. The maximum atomic E-state index is 14.5. The van der Waals surface area contributed by atoms with Gasteiger partial charge < -0.3 is 15.1 Å². The topological polar surface area (TPSA) is 161 Å². The highest BCUT2D eigenvalue weighted by Crippen LogP contribution is 2.46. The molecule has 0 spiro atoms. The van der Waals surface area contributed by atoms with Gasteiger partial charge in [-0.15, -0.1) is 5.10 Å². The van der Waals surface area contributed by atoms with E-state index in [4.69, 9.17) is 0 Å². The summed E-state index contributed by atoms with van der Waals surface area (Å²) in [6, 6.07) is 26.8. The van der Waals surface area contributed by atoms with Crippen LogP contribution in [0.5, 0.6) is 0 Å². The molecule has 0 radical (unpaired) electrons. The highest BCUT2D eigenvalue weighted by Gasteiger charge is 2.52. The molecular formula is C41H36N8O5. The molecule has 13 nitrogen and oxygen atoms in total. The molecule has 1 aliphatic rings. The van der Waals surface area contributed by atoms with Crippen LogP contribution in [0.3, 0.4) is 0 Å². The SMILES string of the molecule is C[C@@H](/C=C/CCn1cc(CCO)nn1)[C@]1(O)C(=O)N(Cc2cccc(-n3ncc4ccccc4c3=O)c2)c2ccc(-n3ncc4ccccc4c3=O)cc21. The number of benzene rings is 4. The molecule has 1 amide bonds. The van der Waals surface area contributed by atoms with E-state index in [9.17, 15) is 24.6 Å². The zero-order chi connectivity index (χ0) is 37.4. The molecule has 0 aliphatic carbocycles. The Bertz CT molecular complexity index is 2700. The summed E-state index contributed by atoms with van der Waals surface area (Å²) in [6.45, 7) is 2.38. The Hall–Kier alpha value is -6.57. The van der Waals surface area contributed by atoms with Crippen molar-refractivity contribution < 1.29 is 15.0 Å². The number of hydrogen-bond donors (Lipinski definition) is 2. The predicted molar refractivity (Wildman–Crippen MR) is 203 cm³/mol. The molecule has 0 unspecified atom stereocenters. The van der Waals surface area contributed by atoms with Crippen LogP contribution in [-0.2, 0) is 29.9 Å². The van der Waals surface area contributed by atoms with Gasteiger partial charge in [-0.3, -0.25) is 19.1 Å². The second kappa shape index (κ2) is 14.1. The highest BCUT2D eigenvalue weighted by atomic mass is 16.3. The molecule has 1 aliphatic heterocycles. The van der Waals surface area contributed by atoms with Crippen molar-refractivity contribution in [3.63, 3.8) is 0 Å². The number of aryl methyl sites for hydroxylation is 1. The van der Waals surface area contributed by atoms with E-state index in [0.717, 1.165) is 5.39 Å². The fraction of sp³-hybridized carbons (Fsp3) is 0.195. The van der Waals surface area contributed by atoms with Crippen molar-refractivity contribution in [1.82, 2.24) is 34.6 Å². The van der Waals surface area contributed by atoms with Crippen molar-refractivity contribution >= 4 is 33.1 Å². The van der Waals surface area contributed by atoms with Gasteiger partial charge >= 0.3 is 0 Å². The molecular weight excluding hydrogens is 685 g/mol. The fourth-order valence-corrected chi connectivity index (χ4v) is 7.07. The van der Waals surface area contributed by atoms with E-state index in [1.165, 1.54) is 14.3 Å². The fourth-order valence-electron chi connectivity index (χ4n) is 7.07. The Morgan fingerprint density at radius 3 is 2.17 bits per heavy atom. The molecule has 4 heterocycles. The van der Waals surface area contributed by atoms with Gasteiger partial charge in [0, 0.05) is 48.0 Å². The van der Waals surface area contributed by atoms with E-state index >= 15 is 0 Å². The van der Waals surface area contributed by atoms with Gasteiger partial charge in [-0.05, 0) is 54.4 Å². The molecule has 7 aromatic rings. The maximum absolute atomic E-state index is 14.5. The minimum atomic E-state index is -1.99. The molecule has 2 N–H and O–H groups in total. The summed E-state index contributed by atoms with van der Waals surface area (Å²) < 4.78 is 4.29. The number of nitrogens with zero attached hydrogens (tertiary/aromatic N) is 8. The van der Waals surface area contributed by atoms with Gasteiger partial charge in [-0.1, -0.05) is 72.8 Å². The number of anilines is 1. The molecule has 0 saturated carbocycles. The van der Waals surface area contributed by atoms with Gasteiger partial charge in [-0.25, -0.2) is 0 Å². The van der Waals surface area contributed by atoms with Crippen molar-refractivity contribution in [2.45, 2.75) is 38.5 Å². The summed E-state index contributed by atoms with van der Waals surface area (Å²) in [5, 5.41) is 41.2. The minimum absolute atomic E-state index is 0.0123. The van der Waals surface area contributed by atoms with Crippen LogP contribution in [0.1, 0.15) is 30.2 Å². The van der Waals surface area contributed by atoms with Crippen LogP contribution in [0.2, 0.25) is 0 Å². The molecule has 270 valence electrons. The van der Waals surface area contributed by atoms with Crippen molar-refractivity contribution in [3.8, 4) is 11.4 Å². The zero-order valence-corrected chi connectivity index (χ0v) is 29.4. The summed E-state index contributed by atoms with van der Waals surface area (Å²) in [6.07, 6.45) is 9.71. The van der Waals surface area contributed by atoms with Gasteiger partial charge in [0.1, 0.15) is 0 Å². The molecule has 3 aromatic heterocycles. The molecule has 2 atom stereocenters. The number of aromatic nitrogens is 7. The number of aliphatic hydroxyl groups excluding tert-OH is 1. The Balaban J connectivity index is 1.14. The average molecular weight is 721 g/mol. The van der Waals surface area contributed by atoms with E-state index in [0.29, 0.717) is 69.4 Å². The van der Waals surface area contributed by atoms with Gasteiger partial charge in [0.05, 0.1) is 52.5 Å². The molecule has 0 saturated heterocycles. The van der Waals surface area contributed by atoms with Crippen molar-refractivity contribution in [2.24, 2.45) is 5.92 Å². The molecule has 4 aromatic carbocycles. The van der Waals surface area contributed by atoms with E-state index in [1.807, 2.05) is 48.6 Å². The zero-order valence-electron chi connectivity index (χ0n) is 29.4. The van der Waals surface area contributed by atoms with Crippen molar-refractivity contribution in [2.75, 3.05) is 11.5 Å². The quantitative estimate of drug-likeness (QED) is 0.187. The minimum Gasteiger partial charge on any atom is -0.396 e. The predicted octanol–water partition coefficient (Wildman–Crippen LogP) is 4.23. The maximum Gasteiger partial charge on any atom is 0.279 e. The van der Waals surface area contributed by atoms with Crippen LogP contribution in [0.25, 0.3) is 32.9 Å². The van der Waals surface area contributed by atoms with Gasteiger partial charge in [0.25, 0.3) is 17.0 Å². The van der Waals surface area contributed by atoms with Crippen molar-refractivity contribution in [1.29, 1.82) is 0 Å². The second-order valence-corrected chi connectivity index (χ2v) is 13.4. The lowest BCUT2D eigenvalue weighted by Crippen LogP contribution is -2.44. The van der Waals surface area contributed by atoms with Gasteiger partial charge in [0.2, 0.25) is 0 Å². The Labute approximate surface area is 308 Å². The summed E-state index contributed by atoms with van der Waals surface area (Å²) in [5.41, 5.74) is 0.612. The third-order valence-electron chi connectivity index (χ3n) is 9.95. The summed E-state index contributed by atoms with van der Waals surface area (Å²) in [7, 11) is 0.